The molecule has 1 aromatic carbocycles. The number of β-amino-alcohol motifs (C(OH)–C–C–N with tert-alkyl or cyclic N) is 2. The van der Waals surface area contributed by atoms with Crippen molar-refractivity contribution in [3.8, 4) is 0 Å². The minimum atomic E-state index is -0.949. The molecule has 2 N–H and O–H groups in total. The van der Waals surface area contributed by atoms with Gasteiger partial charge < -0.3 is 15.1 Å². The lowest BCUT2D eigenvalue weighted by Crippen LogP contribution is -2.31. The van der Waals surface area contributed by atoms with Crippen LogP contribution >= 0.6 is 0 Å². The first kappa shape index (κ1) is 13.4. The maximum absolute atomic E-state index is 12.0. The number of nitrogens with zero attached hydrogens (tertiary/aromatic N) is 2. The minimum Gasteiger partial charge on any atom is -0.388 e. The number of rotatable bonds is 3. The van der Waals surface area contributed by atoms with Gasteiger partial charge in [0.05, 0.1) is 23.6 Å². The van der Waals surface area contributed by atoms with Crippen LogP contribution in [0.2, 0.25) is 0 Å². The van der Waals surface area contributed by atoms with E-state index in [-0.39, 0.29) is 31.1 Å². The molecule has 0 aliphatic carbocycles. The lowest BCUT2D eigenvalue weighted by atomic mass is 10.1. The number of amides is 1. The molecule has 1 saturated heterocycles. The highest BCUT2D eigenvalue weighted by molar-refractivity contribution is 5.80. The predicted octanol–water partition coefficient (Wildman–Crippen LogP) is -0.299. The number of hydrogen-bond acceptors (Lipinski definition) is 5. The zero-order chi connectivity index (χ0) is 14.0. The van der Waals surface area contributed by atoms with Crippen molar-refractivity contribution >= 4 is 11.6 Å². The highest BCUT2D eigenvalue weighted by Gasteiger charge is 2.32. The molecule has 0 bridgehead atoms. The highest BCUT2D eigenvalue weighted by Crippen LogP contribution is 2.20. The summed E-state index contributed by atoms with van der Waals surface area (Å²) in [6, 6.07) is 6.04. The van der Waals surface area contributed by atoms with Crippen molar-refractivity contribution in [3.05, 3.63) is 39.9 Å². The summed E-state index contributed by atoms with van der Waals surface area (Å²) in [5.41, 5.74) is 0.226. The summed E-state index contributed by atoms with van der Waals surface area (Å²) in [5, 5.41) is 29.6. The van der Waals surface area contributed by atoms with Crippen LogP contribution in [0.4, 0.5) is 5.69 Å². The van der Waals surface area contributed by atoms with Crippen molar-refractivity contribution in [2.75, 3.05) is 13.1 Å². The van der Waals surface area contributed by atoms with Gasteiger partial charge >= 0.3 is 0 Å². The van der Waals surface area contributed by atoms with Crippen molar-refractivity contribution in [1.29, 1.82) is 0 Å². The second-order valence-corrected chi connectivity index (χ2v) is 4.50. The molecule has 0 saturated carbocycles. The zero-order valence-corrected chi connectivity index (χ0v) is 10.1. The standard InChI is InChI=1S/C12H14N2O5/c15-10-6-13(7-11(10)16)12(17)5-8-3-1-2-4-9(8)14(18)19/h1-4,10-11,15-16H,5-7H2/t10-,11+. The van der Waals surface area contributed by atoms with Gasteiger partial charge in [-0.15, -0.1) is 0 Å². The van der Waals surface area contributed by atoms with Crippen molar-refractivity contribution in [2.24, 2.45) is 0 Å². The molecule has 0 spiro atoms. The molecule has 1 aliphatic rings. The summed E-state index contributed by atoms with van der Waals surface area (Å²) in [5.74, 6) is -0.343. The van der Waals surface area contributed by atoms with Gasteiger partial charge in [0.1, 0.15) is 0 Å². The van der Waals surface area contributed by atoms with E-state index < -0.39 is 17.1 Å². The molecule has 102 valence electrons. The van der Waals surface area contributed by atoms with Crippen molar-refractivity contribution < 1.29 is 19.9 Å². The predicted molar refractivity (Wildman–Crippen MR) is 65.4 cm³/mol. The van der Waals surface area contributed by atoms with Gasteiger partial charge in [0.2, 0.25) is 5.91 Å². The van der Waals surface area contributed by atoms with Crippen LogP contribution in [0.15, 0.2) is 24.3 Å². The molecule has 19 heavy (non-hydrogen) atoms. The number of carbonyl (C=O) groups excluding carboxylic acids is 1. The Kier molecular flexibility index (Phi) is 3.77. The first-order valence-electron chi connectivity index (χ1n) is 5.85. The maximum Gasteiger partial charge on any atom is 0.273 e. The molecule has 1 amide bonds. The van der Waals surface area contributed by atoms with Crippen LogP contribution in [-0.4, -0.2) is 51.2 Å². The Labute approximate surface area is 109 Å². The van der Waals surface area contributed by atoms with E-state index in [4.69, 9.17) is 0 Å². The van der Waals surface area contributed by atoms with Crippen LogP contribution in [0, 0.1) is 10.1 Å². The number of benzene rings is 1. The van der Waals surface area contributed by atoms with Crippen LogP contribution in [0.3, 0.4) is 0 Å². The number of nitro benzene ring substituents is 1. The first-order valence-corrected chi connectivity index (χ1v) is 5.85. The summed E-state index contributed by atoms with van der Waals surface area (Å²) in [4.78, 5) is 23.6. The molecular weight excluding hydrogens is 252 g/mol. The monoisotopic (exact) mass is 266 g/mol. The van der Waals surface area contributed by atoms with E-state index in [1.165, 1.54) is 23.1 Å². The number of para-hydroxylation sites is 1. The third kappa shape index (κ3) is 2.88. The van der Waals surface area contributed by atoms with E-state index in [1.54, 1.807) is 6.07 Å². The quantitative estimate of drug-likeness (QED) is 0.577. The zero-order valence-electron chi connectivity index (χ0n) is 10.1. The van der Waals surface area contributed by atoms with Crippen LogP contribution in [0.5, 0.6) is 0 Å². The second kappa shape index (κ2) is 5.33. The number of aliphatic hydroxyl groups is 2. The second-order valence-electron chi connectivity index (χ2n) is 4.50. The van der Waals surface area contributed by atoms with E-state index in [1.807, 2.05) is 0 Å². The maximum atomic E-state index is 12.0. The lowest BCUT2D eigenvalue weighted by Gasteiger charge is -2.15. The normalized spacial score (nSPS) is 22.5. The number of nitro groups is 1. The summed E-state index contributed by atoms with van der Waals surface area (Å²) in [6.07, 6.45) is -2.01. The van der Waals surface area contributed by atoms with Gasteiger partial charge in [0.15, 0.2) is 0 Å². The van der Waals surface area contributed by atoms with Gasteiger partial charge in [-0.3, -0.25) is 14.9 Å². The molecule has 1 aromatic rings. The summed E-state index contributed by atoms with van der Waals surface area (Å²) in [6.45, 7) is 0.112. The van der Waals surface area contributed by atoms with E-state index in [2.05, 4.69) is 0 Å². The molecule has 0 radical (unpaired) electrons. The Balaban J connectivity index is 2.10. The smallest absolute Gasteiger partial charge is 0.273 e. The summed E-state index contributed by atoms with van der Waals surface area (Å²) < 4.78 is 0. The van der Waals surface area contributed by atoms with Crippen LogP contribution in [0.1, 0.15) is 5.56 Å². The van der Waals surface area contributed by atoms with Gasteiger partial charge in [-0.2, -0.15) is 0 Å². The number of likely N-dealkylation sites (tertiary alicyclic amines) is 1. The number of carbonyl (C=O) groups is 1. The highest BCUT2D eigenvalue weighted by atomic mass is 16.6. The van der Waals surface area contributed by atoms with Gasteiger partial charge in [-0.05, 0) is 0 Å². The molecule has 7 nitrogen and oxygen atoms in total. The van der Waals surface area contributed by atoms with Gasteiger partial charge in [0.25, 0.3) is 5.69 Å². The molecule has 1 aliphatic heterocycles. The van der Waals surface area contributed by atoms with E-state index in [9.17, 15) is 25.1 Å². The molecule has 0 unspecified atom stereocenters. The molecule has 7 heteroatoms. The minimum absolute atomic E-state index is 0.0562. The first-order chi connectivity index (χ1) is 8.99. The average Bonchev–Trinajstić information content (AvgIpc) is 2.70. The molecule has 1 fully saturated rings. The van der Waals surface area contributed by atoms with Crippen LogP contribution in [-0.2, 0) is 11.2 Å². The van der Waals surface area contributed by atoms with E-state index in [0.29, 0.717) is 5.56 Å². The third-order valence-corrected chi connectivity index (χ3v) is 3.14. The summed E-state index contributed by atoms with van der Waals surface area (Å²) in [7, 11) is 0. The van der Waals surface area contributed by atoms with Crippen LogP contribution < -0.4 is 0 Å². The van der Waals surface area contributed by atoms with E-state index in [0.717, 1.165) is 0 Å². The van der Waals surface area contributed by atoms with Gasteiger partial charge in [-0.25, -0.2) is 0 Å². The van der Waals surface area contributed by atoms with E-state index >= 15 is 0 Å². The average molecular weight is 266 g/mol. The fourth-order valence-electron chi connectivity index (χ4n) is 2.09. The molecule has 1 heterocycles. The Hall–Kier alpha value is -1.99. The SMILES string of the molecule is O=C(Cc1ccccc1[N+](=O)[O-])N1C[C@@H](O)[C@@H](O)C1. The Morgan fingerprint density at radius 2 is 1.89 bits per heavy atom. The molecular formula is C12H14N2O5. The largest absolute Gasteiger partial charge is 0.388 e. The van der Waals surface area contributed by atoms with Crippen molar-refractivity contribution in [2.45, 2.75) is 18.6 Å². The number of hydrogen-bond donors (Lipinski definition) is 2. The Bertz CT molecular complexity index is 495. The topological polar surface area (TPSA) is 104 Å². The Morgan fingerprint density at radius 1 is 1.32 bits per heavy atom. The van der Waals surface area contributed by atoms with Crippen LogP contribution in [0.25, 0.3) is 0 Å². The lowest BCUT2D eigenvalue weighted by molar-refractivity contribution is -0.385. The summed E-state index contributed by atoms with van der Waals surface area (Å²) >= 11 is 0. The fraction of sp³-hybridized carbons (Fsp3) is 0.417. The number of aliphatic hydroxyl groups excluding tert-OH is 2. The third-order valence-electron chi connectivity index (χ3n) is 3.14. The molecule has 0 aromatic heterocycles. The molecule has 2 rings (SSSR count). The Morgan fingerprint density at radius 3 is 2.47 bits per heavy atom. The van der Waals surface area contributed by atoms with Crippen molar-refractivity contribution in [3.63, 3.8) is 0 Å². The fourth-order valence-corrected chi connectivity index (χ4v) is 2.09. The van der Waals surface area contributed by atoms with Crippen molar-refractivity contribution in [1.82, 2.24) is 4.90 Å². The molecule has 2 atom stereocenters. The van der Waals surface area contributed by atoms with Gasteiger partial charge in [-0.1, -0.05) is 18.2 Å². The van der Waals surface area contributed by atoms with Gasteiger partial charge in [0, 0.05) is 24.7 Å².